The number of carbonyl (C=O) groups excluding carboxylic acids is 1. The van der Waals surface area contributed by atoms with E-state index in [9.17, 15) is 4.79 Å². The second-order valence-electron chi connectivity index (χ2n) is 6.02. The van der Waals surface area contributed by atoms with Crippen LogP contribution in [0, 0.1) is 0 Å². The van der Waals surface area contributed by atoms with Crippen molar-refractivity contribution in [1.29, 1.82) is 0 Å². The van der Waals surface area contributed by atoms with Gasteiger partial charge in [0.05, 0.1) is 6.54 Å². The molecule has 3 aromatic rings. The SMILES string of the molecule is CN(Cc1ccccc1)C(=O)CNCCc1c[nH]c2ccccc12. The van der Waals surface area contributed by atoms with Gasteiger partial charge in [0.2, 0.25) is 5.91 Å². The summed E-state index contributed by atoms with van der Waals surface area (Å²) < 4.78 is 0. The Morgan fingerprint density at radius 3 is 2.67 bits per heavy atom. The summed E-state index contributed by atoms with van der Waals surface area (Å²) in [6.45, 7) is 1.79. The first kappa shape index (κ1) is 16.3. The van der Waals surface area contributed by atoms with E-state index in [0.29, 0.717) is 13.1 Å². The molecular formula is C20H23N3O. The number of rotatable bonds is 7. The normalized spacial score (nSPS) is 10.9. The van der Waals surface area contributed by atoms with Crippen LogP contribution in [-0.4, -0.2) is 35.9 Å². The third-order valence-electron chi connectivity index (χ3n) is 4.21. The molecule has 1 aromatic heterocycles. The molecule has 4 nitrogen and oxygen atoms in total. The Labute approximate surface area is 142 Å². The Bertz CT molecular complexity index is 795. The highest BCUT2D eigenvalue weighted by molar-refractivity contribution is 5.83. The van der Waals surface area contributed by atoms with Crippen LogP contribution in [0.15, 0.2) is 60.8 Å². The molecule has 0 unspecified atom stereocenters. The van der Waals surface area contributed by atoms with Crippen molar-refractivity contribution in [2.24, 2.45) is 0 Å². The number of nitrogens with zero attached hydrogens (tertiary/aromatic N) is 1. The molecule has 2 N–H and O–H groups in total. The van der Waals surface area contributed by atoms with Crippen LogP contribution in [0.2, 0.25) is 0 Å². The van der Waals surface area contributed by atoms with Gasteiger partial charge in [0.1, 0.15) is 0 Å². The molecule has 0 aliphatic heterocycles. The van der Waals surface area contributed by atoms with Crippen LogP contribution in [0.3, 0.4) is 0 Å². The van der Waals surface area contributed by atoms with Gasteiger partial charge in [-0.2, -0.15) is 0 Å². The number of hydrogen-bond donors (Lipinski definition) is 2. The lowest BCUT2D eigenvalue weighted by molar-refractivity contribution is -0.129. The summed E-state index contributed by atoms with van der Waals surface area (Å²) in [5.74, 6) is 0.109. The Morgan fingerprint density at radius 2 is 1.83 bits per heavy atom. The van der Waals surface area contributed by atoms with Gasteiger partial charge >= 0.3 is 0 Å². The average molecular weight is 321 g/mol. The molecule has 0 fully saturated rings. The maximum absolute atomic E-state index is 12.2. The van der Waals surface area contributed by atoms with E-state index in [0.717, 1.165) is 24.0 Å². The molecule has 3 rings (SSSR count). The van der Waals surface area contributed by atoms with Gasteiger partial charge in [0.15, 0.2) is 0 Å². The zero-order valence-corrected chi connectivity index (χ0v) is 14.0. The fourth-order valence-electron chi connectivity index (χ4n) is 2.84. The van der Waals surface area contributed by atoms with Crippen LogP contribution in [0.4, 0.5) is 0 Å². The zero-order valence-electron chi connectivity index (χ0n) is 14.0. The number of nitrogens with one attached hydrogen (secondary N) is 2. The van der Waals surface area contributed by atoms with Gasteiger partial charge < -0.3 is 15.2 Å². The number of carbonyl (C=O) groups is 1. The van der Waals surface area contributed by atoms with Gasteiger partial charge in [-0.15, -0.1) is 0 Å². The molecule has 1 amide bonds. The molecule has 24 heavy (non-hydrogen) atoms. The standard InChI is InChI=1S/C20H23N3O/c1-23(15-16-7-3-2-4-8-16)20(24)14-21-12-11-17-13-22-19-10-6-5-9-18(17)19/h2-10,13,21-22H,11-12,14-15H2,1H3. The monoisotopic (exact) mass is 321 g/mol. The van der Waals surface area contributed by atoms with Crippen molar-refractivity contribution in [1.82, 2.24) is 15.2 Å². The van der Waals surface area contributed by atoms with E-state index in [1.165, 1.54) is 10.9 Å². The Balaban J connectivity index is 1.43. The molecule has 0 radical (unpaired) electrons. The largest absolute Gasteiger partial charge is 0.361 e. The third-order valence-corrected chi connectivity index (χ3v) is 4.21. The molecule has 2 aromatic carbocycles. The lowest BCUT2D eigenvalue weighted by Gasteiger charge is -2.17. The Kier molecular flexibility index (Phi) is 5.29. The molecule has 4 heteroatoms. The predicted octanol–water partition coefficient (Wildman–Crippen LogP) is 2.96. The number of hydrogen-bond acceptors (Lipinski definition) is 2. The average Bonchev–Trinajstić information content (AvgIpc) is 3.02. The van der Waals surface area contributed by atoms with Crippen LogP contribution < -0.4 is 5.32 Å². The van der Waals surface area contributed by atoms with Crippen LogP contribution in [0.5, 0.6) is 0 Å². The van der Waals surface area contributed by atoms with Crippen molar-refractivity contribution in [3.05, 3.63) is 71.9 Å². The van der Waals surface area contributed by atoms with Gasteiger partial charge in [-0.3, -0.25) is 4.79 Å². The molecule has 0 saturated carbocycles. The minimum Gasteiger partial charge on any atom is -0.361 e. The molecule has 0 saturated heterocycles. The van der Waals surface area contributed by atoms with E-state index in [4.69, 9.17) is 0 Å². The number of aromatic nitrogens is 1. The zero-order chi connectivity index (χ0) is 16.8. The van der Waals surface area contributed by atoms with Crippen molar-refractivity contribution in [3.8, 4) is 0 Å². The highest BCUT2D eigenvalue weighted by Gasteiger charge is 2.09. The second-order valence-corrected chi connectivity index (χ2v) is 6.02. The lowest BCUT2D eigenvalue weighted by atomic mass is 10.1. The summed E-state index contributed by atoms with van der Waals surface area (Å²) in [5.41, 5.74) is 3.58. The molecule has 0 aliphatic carbocycles. The van der Waals surface area contributed by atoms with Crippen molar-refractivity contribution in [2.45, 2.75) is 13.0 Å². The van der Waals surface area contributed by atoms with E-state index < -0.39 is 0 Å². The Hall–Kier alpha value is -2.59. The number of likely N-dealkylation sites (N-methyl/N-ethyl adjacent to an activating group) is 1. The van der Waals surface area contributed by atoms with Crippen LogP contribution in [0.25, 0.3) is 10.9 Å². The number of benzene rings is 2. The first-order valence-corrected chi connectivity index (χ1v) is 8.27. The Morgan fingerprint density at radius 1 is 1.08 bits per heavy atom. The number of amides is 1. The highest BCUT2D eigenvalue weighted by Crippen LogP contribution is 2.17. The van der Waals surface area contributed by atoms with Gasteiger partial charge in [-0.05, 0) is 30.2 Å². The van der Waals surface area contributed by atoms with Gasteiger partial charge in [-0.25, -0.2) is 0 Å². The van der Waals surface area contributed by atoms with E-state index in [2.05, 4.69) is 34.7 Å². The summed E-state index contributed by atoms with van der Waals surface area (Å²) in [6, 6.07) is 18.3. The third kappa shape index (κ3) is 4.03. The minimum atomic E-state index is 0.109. The van der Waals surface area contributed by atoms with Crippen LogP contribution in [0.1, 0.15) is 11.1 Å². The van der Waals surface area contributed by atoms with E-state index >= 15 is 0 Å². The molecule has 0 aliphatic rings. The topological polar surface area (TPSA) is 48.1 Å². The molecule has 0 spiro atoms. The summed E-state index contributed by atoms with van der Waals surface area (Å²) in [5, 5.41) is 4.51. The minimum absolute atomic E-state index is 0.109. The van der Waals surface area contributed by atoms with E-state index in [-0.39, 0.29) is 5.91 Å². The highest BCUT2D eigenvalue weighted by atomic mass is 16.2. The van der Waals surface area contributed by atoms with Gasteiger partial charge in [-0.1, -0.05) is 48.5 Å². The fraction of sp³-hybridized carbons (Fsp3) is 0.250. The van der Waals surface area contributed by atoms with Crippen molar-refractivity contribution >= 4 is 16.8 Å². The first-order chi connectivity index (χ1) is 11.7. The van der Waals surface area contributed by atoms with Crippen LogP contribution in [-0.2, 0) is 17.8 Å². The summed E-state index contributed by atoms with van der Waals surface area (Å²) >= 11 is 0. The predicted molar refractivity (Wildman–Crippen MR) is 97.8 cm³/mol. The number of aromatic amines is 1. The number of fused-ring (bicyclic) bond motifs is 1. The molecule has 124 valence electrons. The summed E-state index contributed by atoms with van der Waals surface area (Å²) in [6.07, 6.45) is 2.95. The van der Waals surface area contributed by atoms with Crippen molar-refractivity contribution in [3.63, 3.8) is 0 Å². The van der Waals surface area contributed by atoms with E-state index in [1.54, 1.807) is 4.90 Å². The molecule has 1 heterocycles. The molecule has 0 bridgehead atoms. The summed E-state index contributed by atoms with van der Waals surface area (Å²) in [4.78, 5) is 17.2. The maximum atomic E-state index is 12.2. The van der Waals surface area contributed by atoms with Crippen molar-refractivity contribution in [2.75, 3.05) is 20.1 Å². The molecular weight excluding hydrogens is 298 g/mol. The smallest absolute Gasteiger partial charge is 0.236 e. The van der Waals surface area contributed by atoms with Crippen molar-refractivity contribution < 1.29 is 4.79 Å². The summed E-state index contributed by atoms with van der Waals surface area (Å²) in [7, 11) is 1.84. The number of H-pyrrole nitrogens is 1. The van der Waals surface area contributed by atoms with Gasteiger partial charge in [0, 0.05) is 30.7 Å². The second kappa shape index (κ2) is 7.79. The van der Waals surface area contributed by atoms with E-state index in [1.807, 2.05) is 43.4 Å². The maximum Gasteiger partial charge on any atom is 0.236 e. The fourth-order valence-corrected chi connectivity index (χ4v) is 2.84. The molecule has 0 atom stereocenters. The van der Waals surface area contributed by atoms with Gasteiger partial charge in [0.25, 0.3) is 0 Å². The van der Waals surface area contributed by atoms with Crippen LogP contribution >= 0.6 is 0 Å². The quantitative estimate of drug-likeness (QED) is 0.657. The lowest BCUT2D eigenvalue weighted by Crippen LogP contribution is -2.35. The number of para-hydroxylation sites is 1. The first-order valence-electron chi connectivity index (χ1n) is 8.27.